The predicted octanol–water partition coefficient (Wildman–Crippen LogP) is -2.36. The standard InChI is InChI=1S/C18H28N6O6S/c1-9(25)14(18(29)30)23-16(27)13-3-2-4-24(13)17(28)12(7-31)22-15(26)11(19)5-10-6-20-8-21-10/h6,8-9,11-14,25,31H,2-5,7,19H2,1H3,(H,20,21)(H,22,26)(H,23,27)(H,29,30). The minimum absolute atomic E-state index is 0.0163. The van der Waals surface area contributed by atoms with Crippen LogP contribution in [0.2, 0.25) is 0 Å². The van der Waals surface area contributed by atoms with Crippen molar-refractivity contribution in [3.05, 3.63) is 18.2 Å². The molecule has 2 rings (SSSR count). The third-order valence-corrected chi connectivity index (χ3v) is 5.38. The lowest BCUT2D eigenvalue weighted by Crippen LogP contribution is -2.58. The fourth-order valence-corrected chi connectivity index (χ4v) is 3.58. The van der Waals surface area contributed by atoms with Crippen molar-refractivity contribution in [2.75, 3.05) is 12.3 Å². The van der Waals surface area contributed by atoms with Crippen LogP contribution in [0.5, 0.6) is 0 Å². The topological polar surface area (TPSA) is 191 Å². The van der Waals surface area contributed by atoms with E-state index in [2.05, 4.69) is 33.2 Å². The first-order valence-electron chi connectivity index (χ1n) is 9.81. The van der Waals surface area contributed by atoms with Crippen LogP contribution < -0.4 is 16.4 Å². The van der Waals surface area contributed by atoms with Gasteiger partial charge in [0, 0.05) is 30.6 Å². The van der Waals surface area contributed by atoms with Crippen LogP contribution in [0.4, 0.5) is 0 Å². The number of imidazole rings is 1. The van der Waals surface area contributed by atoms with Crippen LogP contribution in [0.3, 0.4) is 0 Å². The van der Waals surface area contributed by atoms with E-state index in [1.54, 1.807) is 6.20 Å². The van der Waals surface area contributed by atoms with Crippen molar-refractivity contribution in [3.8, 4) is 0 Å². The van der Waals surface area contributed by atoms with Crippen molar-refractivity contribution in [1.29, 1.82) is 0 Å². The Morgan fingerprint density at radius 3 is 2.65 bits per heavy atom. The average Bonchev–Trinajstić information content (AvgIpc) is 3.40. The summed E-state index contributed by atoms with van der Waals surface area (Å²) in [4.78, 5) is 57.2. The second-order valence-corrected chi connectivity index (χ2v) is 7.75. The summed E-state index contributed by atoms with van der Waals surface area (Å²) in [7, 11) is 0. The van der Waals surface area contributed by atoms with Gasteiger partial charge >= 0.3 is 5.97 Å². The van der Waals surface area contributed by atoms with Crippen molar-refractivity contribution >= 4 is 36.3 Å². The number of carboxylic acid groups (broad SMARTS) is 1. The molecule has 1 aliphatic rings. The number of aromatic amines is 1. The molecular weight excluding hydrogens is 428 g/mol. The van der Waals surface area contributed by atoms with Gasteiger partial charge in [0.1, 0.15) is 12.1 Å². The van der Waals surface area contributed by atoms with Crippen LogP contribution in [-0.4, -0.2) is 91.3 Å². The number of carbonyl (C=O) groups excluding carboxylic acids is 3. The lowest BCUT2D eigenvalue weighted by molar-refractivity contribution is -0.147. The first-order chi connectivity index (χ1) is 14.6. The molecule has 5 atom stereocenters. The Bertz CT molecular complexity index is 789. The summed E-state index contributed by atoms with van der Waals surface area (Å²) in [6.07, 6.45) is 2.75. The smallest absolute Gasteiger partial charge is 0.328 e. The average molecular weight is 457 g/mol. The van der Waals surface area contributed by atoms with E-state index < -0.39 is 54.0 Å². The lowest BCUT2D eigenvalue weighted by atomic mass is 10.1. The molecule has 3 amide bonds. The molecule has 12 nitrogen and oxygen atoms in total. The Hall–Kier alpha value is -2.64. The summed E-state index contributed by atoms with van der Waals surface area (Å²) in [5, 5.41) is 23.5. The number of nitrogens with zero attached hydrogens (tertiary/aromatic N) is 2. The number of amides is 3. The second kappa shape index (κ2) is 11.1. The lowest BCUT2D eigenvalue weighted by Gasteiger charge is -2.29. The molecule has 0 bridgehead atoms. The highest BCUT2D eigenvalue weighted by molar-refractivity contribution is 7.80. The third-order valence-electron chi connectivity index (χ3n) is 5.01. The van der Waals surface area contributed by atoms with Gasteiger partial charge in [-0.1, -0.05) is 0 Å². The molecular formula is C18H28N6O6S. The number of rotatable bonds is 10. The Labute approximate surface area is 184 Å². The maximum Gasteiger partial charge on any atom is 0.328 e. The molecule has 1 saturated heterocycles. The van der Waals surface area contributed by atoms with E-state index in [1.165, 1.54) is 18.2 Å². The van der Waals surface area contributed by atoms with Gasteiger partial charge in [0.25, 0.3) is 0 Å². The number of hydrogen-bond acceptors (Lipinski definition) is 8. The van der Waals surface area contributed by atoms with Crippen molar-refractivity contribution in [2.24, 2.45) is 5.73 Å². The molecule has 1 fully saturated rings. The molecule has 1 aromatic rings. The number of carbonyl (C=O) groups is 4. The minimum atomic E-state index is -1.49. The van der Waals surface area contributed by atoms with Crippen molar-refractivity contribution < 1.29 is 29.4 Å². The number of aliphatic hydroxyl groups is 1. The van der Waals surface area contributed by atoms with Crippen LogP contribution in [0.15, 0.2) is 12.5 Å². The van der Waals surface area contributed by atoms with E-state index in [-0.39, 0.29) is 18.7 Å². The number of nitrogens with one attached hydrogen (secondary N) is 3. The first-order valence-corrected chi connectivity index (χ1v) is 10.4. The van der Waals surface area contributed by atoms with Gasteiger partial charge in [-0.05, 0) is 19.8 Å². The highest BCUT2D eigenvalue weighted by Gasteiger charge is 2.39. The van der Waals surface area contributed by atoms with Gasteiger partial charge in [-0.15, -0.1) is 0 Å². The van der Waals surface area contributed by atoms with Crippen molar-refractivity contribution in [2.45, 2.75) is 56.5 Å². The molecule has 0 aliphatic carbocycles. The molecule has 0 spiro atoms. The molecule has 7 N–H and O–H groups in total. The highest BCUT2D eigenvalue weighted by Crippen LogP contribution is 2.19. The van der Waals surface area contributed by atoms with Crippen LogP contribution in [0.1, 0.15) is 25.5 Å². The molecule has 1 aromatic heterocycles. The summed E-state index contributed by atoms with van der Waals surface area (Å²) >= 11 is 4.14. The maximum atomic E-state index is 13.0. The number of hydrogen-bond donors (Lipinski definition) is 7. The van der Waals surface area contributed by atoms with Gasteiger partial charge in [-0.3, -0.25) is 14.4 Å². The summed E-state index contributed by atoms with van der Waals surface area (Å²) in [5.74, 6) is -3.15. The fraction of sp³-hybridized carbons (Fsp3) is 0.611. The molecule has 13 heteroatoms. The molecule has 1 aliphatic heterocycles. The van der Waals surface area contributed by atoms with Gasteiger partial charge in [0.15, 0.2) is 6.04 Å². The second-order valence-electron chi connectivity index (χ2n) is 7.39. The SMILES string of the molecule is CC(O)C(NC(=O)C1CCCN1C(=O)C(CS)NC(=O)C(N)Cc1cnc[nH]1)C(=O)O. The first kappa shape index (κ1) is 24.6. The zero-order valence-corrected chi connectivity index (χ0v) is 17.9. The number of aromatic nitrogens is 2. The van der Waals surface area contributed by atoms with Gasteiger partial charge in [-0.25, -0.2) is 9.78 Å². The summed E-state index contributed by atoms with van der Waals surface area (Å²) in [6, 6.07) is -4.34. The van der Waals surface area contributed by atoms with Gasteiger partial charge < -0.3 is 36.5 Å². The van der Waals surface area contributed by atoms with Gasteiger partial charge in [0.2, 0.25) is 17.7 Å². The zero-order chi connectivity index (χ0) is 23.1. The fourth-order valence-electron chi connectivity index (χ4n) is 3.33. The Balaban J connectivity index is 2.01. The number of likely N-dealkylation sites (tertiary alicyclic amines) is 1. The van der Waals surface area contributed by atoms with E-state index in [4.69, 9.17) is 10.8 Å². The van der Waals surface area contributed by atoms with E-state index in [1.807, 2.05) is 0 Å². The quantitative estimate of drug-likeness (QED) is 0.190. The van der Waals surface area contributed by atoms with Crippen LogP contribution >= 0.6 is 12.6 Å². The number of aliphatic carboxylic acids is 1. The minimum Gasteiger partial charge on any atom is -0.480 e. The van der Waals surface area contributed by atoms with Crippen LogP contribution in [0, 0.1) is 0 Å². The van der Waals surface area contributed by atoms with E-state index in [9.17, 15) is 24.3 Å². The predicted molar refractivity (Wildman–Crippen MR) is 112 cm³/mol. The van der Waals surface area contributed by atoms with Crippen LogP contribution in [-0.2, 0) is 25.6 Å². The Morgan fingerprint density at radius 1 is 1.39 bits per heavy atom. The number of carboxylic acids is 1. The molecule has 5 unspecified atom stereocenters. The third kappa shape index (κ3) is 6.42. The van der Waals surface area contributed by atoms with Crippen LogP contribution in [0.25, 0.3) is 0 Å². The number of nitrogens with two attached hydrogens (primary N) is 1. The molecule has 0 radical (unpaired) electrons. The summed E-state index contributed by atoms with van der Waals surface area (Å²) in [5.41, 5.74) is 6.56. The van der Waals surface area contributed by atoms with Crippen molar-refractivity contribution in [1.82, 2.24) is 25.5 Å². The molecule has 2 heterocycles. The summed E-state index contributed by atoms with van der Waals surface area (Å²) < 4.78 is 0. The molecule has 172 valence electrons. The maximum absolute atomic E-state index is 13.0. The zero-order valence-electron chi connectivity index (χ0n) is 17.0. The molecule has 0 aromatic carbocycles. The highest BCUT2D eigenvalue weighted by atomic mass is 32.1. The van der Waals surface area contributed by atoms with E-state index >= 15 is 0 Å². The number of thiol groups is 1. The molecule has 0 saturated carbocycles. The largest absolute Gasteiger partial charge is 0.480 e. The normalized spacial score (nSPS) is 19.9. The Kier molecular flexibility index (Phi) is 8.83. The number of aliphatic hydroxyl groups excluding tert-OH is 1. The van der Waals surface area contributed by atoms with Crippen molar-refractivity contribution in [3.63, 3.8) is 0 Å². The van der Waals surface area contributed by atoms with Gasteiger partial charge in [0.05, 0.1) is 18.5 Å². The summed E-state index contributed by atoms with van der Waals surface area (Å²) in [6.45, 7) is 1.51. The Morgan fingerprint density at radius 2 is 2.10 bits per heavy atom. The monoisotopic (exact) mass is 456 g/mol. The van der Waals surface area contributed by atoms with Gasteiger partial charge in [-0.2, -0.15) is 12.6 Å². The number of H-pyrrole nitrogens is 1. The van der Waals surface area contributed by atoms with E-state index in [0.29, 0.717) is 18.5 Å². The van der Waals surface area contributed by atoms with E-state index in [0.717, 1.165) is 0 Å². The molecule has 31 heavy (non-hydrogen) atoms.